The zero-order valence-electron chi connectivity index (χ0n) is 13.9. The molecule has 0 spiro atoms. The van der Waals surface area contributed by atoms with Crippen LogP contribution in [0.2, 0.25) is 0 Å². The molecule has 1 saturated heterocycles. The molecule has 9 nitrogen and oxygen atoms in total. The van der Waals surface area contributed by atoms with Gasteiger partial charge in [-0.15, -0.1) is 0 Å². The monoisotopic (exact) mass is 334 g/mol. The van der Waals surface area contributed by atoms with Crippen LogP contribution in [0.5, 0.6) is 0 Å². The van der Waals surface area contributed by atoms with Gasteiger partial charge in [-0.1, -0.05) is 12.1 Å². The first-order valence-electron chi connectivity index (χ1n) is 8.08. The number of nitrogens with zero attached hydrogens (tertiary/aromatic N) is 5. The molecule has 1 N–H and O–H groups in total. The van der Waals surface area contributed by atoms with Gasteiger partial charge in [-0.05, 0) is 13.3 Å². The summed E-state index contributed by atoms with van der Waals surface area (Å²) in [5, 5.41) is 10.7. The quantitative estimate of drug-likeness (QED) is 0.830. The molecule has 1 aliphatic heterocycles. The second-order valence-corrected chi connectivity index (χ2v) is 5.84. The van der Waals surface area contributed by atoms with Crippen molar-refractivity contribution >= 4 is 11.7 Å². The van der Waals surface area contributed by atoms with Crippen molar-refractivity contribution in [2.24, 2.45) is 0 Å². The maximum absolute atomic E-state index is 12.6. The Balaban J connectivity index is 1.60. The summed E-state index contributed by atoms with van der Waals surface area (Å²) in [5.41, 5.74) is 0. The Bertz CT molecular complexity index is 656. The number of aryl methyl sites for hydroxylation is 1. The fraction of sp³-hybridized carbons (Fsp3) is 0.600. The van der Waals surface area contributed by atoms with Gasteiger partial charge in [0.05, 0.1) is 25.3 Å². The van der Waals surface area contributed by atoms with Crippen LogP contribution < -0.4 is 5.32 Å². The maximum atomic E-state index is 12.6. The van der Waals surface area contributed by atoms with Crippen LogP contribution in [-0.2, 0) is 16.1 Å². The number of hydrogen-bond donors (Lipinski definition) is 1. The summed E-state index contributed by atoms with van der Waals surface area (Å²) in [5.74, 6) is 1.04. The third-order valence-corrected chi connectivity index (χ3v) is 4.04. The maximum Gasteiger partial charge on any atom is 0.242 e. The van der Waals surface area contributed by atoms with E-state index in [2.05, 4.69) is 25.5 Å². The van der Waals surface area contributed by atoms with E-state index in [9.17, 15) is 4.79 Å². The summed E-state index contributed by atoms with van der Waals surface area (Å²) < 4.78 is 12.5. The zero-order valence-corrected chi connectivity index (χ0v) is 13.9. The lowest BCUT2D eigenvalue weighted by Gasteiger charge is -2.37. The highest BCUT2D eigenvalue weighted by atomic mass is 16.5. The van der Waals surface area contributed by atoms with Crippen molar-refractivity contribution in [2.45, 2.75) is 39.0 Å². The molecule has 2 aromatic heterocycles. The third kappa shape index (κ3) is 3.98. The van der Waals surface area contributed by atoms with Crippen molar-refractivity contribution in [3.63, 3.8) is 0 Å². The predicted molar refractivity (Wildman–Crippen MR) is 85.3 cm³/mol. The Morgan fingerprint density at radius 1 is 1.54 bits per heavy atom. The SMILES string of the molecule is CC[C@H](C(=O)Nc1cc(C)on1)N1CCO[C@@H](Cn2cncn2)C1. The molecule has 0 bridgehead atoms. The number of aromatic nitrogens is 4. The normalized spacial score (nSPS) is 20.0. The van der Waals surface area contributed by atoms with Gasteiger partial charge in [0.25, 0.3) is 0 Å². The molecule has 2 atom stereocenters. The van der Waals surface area contributed by atoms with E-state index in [1.165, 1.54) is 6.33 Å². The Hall–Kier alpha value is -2.26. The van der Waals surface area contributed by atoms with E-state index >= 15 is 0 Å². The molecule has 1 fully saturated rings. The molecule has 3 heterocycles. The number of carbonyl (C=O) groups excluding carboxylic acids is 1. The van der Waals surface area contributed by atoms with Crippen LogP contribution in [0, 0.1) is 6.92 Å². The molecule has 9 heteroatoms. The summed E-state index contributed by atoms with van der Waals surface area (Å²) >= 11 is 0. The highest BCUT2D eigenvalue weighted by Crippen LogP contribution is 2.15. The third-order valence-electron chi connectivity index (χ3n) is 4.04. The van der Waals surface area contributed by atoms with Crippen LogP contribution in [0.25, 0.3) is 0 Å². The van der Waals surface area contributed by atoms with Gasteiger partial charge in [0.2, 0.25) is 5.91 Å². The average molecular weight is 334 g/mol. The van der Waals surface area contributed by atoms with Crippen molar-refractivity contribution in [3.8, 4) is 0 Å². The van der Waals surface area contributed by atoms with Gasteiger partial charge in [0, 0.05) is 19.2 Å². The molecule has 130 valence electrons. The first kappa shape index (κ1) is 16.6. The Kier molecular flexibility index (Phi) is 5.21. The minimum Gasteiger partial charge on any atom is -0.374 e. The minimum absolute atomic E-state index is 0.0170. The number of ether oxygens (including phenoxy) is 1. The molecule has 0 unspecified atom stereocenters. The van der Waals surface area contributed by atoms with Gasteiger partial charge >= 0.3 is 0 Å². The highest BCUT2D eigenvalue weighted by molar-refractivity contribution is 5.94. The molecule has 3 rings (SSSR count). The van der Waals surface area contributed by atoms with Gasteiger partial charge in [-0.25, -0.2) is 4.98 Å². The fourth-order valence-corrected chi connectivity index (χ4v) is 2.92. The number of carbonyl (C=O) groups is 1. The number of anilines is 1. The minimum atomic E-state index is -0.232. The van der Waals surface area contributed by atoms with Gasteiger partial charge in [-0.3, -0.25) is 14.4 Å². The molecule has 1 aliphatic rings. The Morgan fingerprint density at radius 2 is 2.42 bits per heavy atom. The lowest BCUT2D eigenvalue weighted by Crippen LogP contribution is -2.52. The van der Waals surface area contributed by atoms with Crippen LogP contribution in [0.4, 0.5) is 5.82 Å². The van der Waals surface area contributed by atoms with Crippen molar-refractivity contribution in [3.05, 3.63) is 24.5 Å². The fourth-order valence-electron chi connectivity index (χ4n) is 2.92. The van der Waals surface area contributed by atoms with E-state index in [-0.39, 0.29) is 18.1 Å². The van der Waals surface area contributed by atoms with Crippen LogP contribution in [0.15, 0.2) is 23.2 Å². The van der Waals surface area contributed by atoms with Gasteiger partial charge in [0.1, 0.15) is 18.4 Å². The number of amides is 1. The van der Waals surface area contributed by atoms with Crippen molar-refractivity contribution < 1.29 is 14.1 Å². The summed E-state index contributed by atoms with van der Waals surface area (Å²) in [6.07, 6.45) is 3.86. The first-order chi connectivity index (χ1) is 11.7. The number of hydrogen-bond acceptors (Lipinski definition) is 7. The standard InChI is InChI=1S/C15H22N6O3/c1-3-13(15(22)18-14-6-11(2)24-19-14)20-4-5-23-12(7-20)8-21-10-16-9-17-21/h6,9-10,12-13H,3-5,7-8H2,1-2H3,(H,18,19,22)/t12-,13-/m1/s1. The van der Waals surface area contributed by atoms with Crippen molar-refractivity contribution in [1.82, 2.24) is 24.8 Å². The van der Waals surface area contributed by atoms with Crippen molar-refractivity contribution in [2.75, 3.05) is 25.0 Å². The summed E-state index contributed by atoms with van der Waals surface area (Å²) in [4.78, 5) is 18.7. The molecule has 0 aliphatic carbocycles. The predicted octanol–water partition coefficient (Wildman–Crippen LogP) is 0.693. The van der Waals surface area contributed by atoms with Gasteiger partial charge in [-0.2, -0.15) is 5.10 Å². The Morgan fingerprint density at radius 3 is 3.08 bits per heavy atom. The topological polar surface area (TPSA) is 98.3 Å². The average Bonchev–Trinajstić information content (AvgIpc) is 3.20. The van der Waals surface area contributed by atoms with Crippen molar-refractivity contribution in [1.29, 1.82) is 0 Å². The lowest BCUT2D eigenvalue weighted by molar-refractivity contribution is -0.125. The van der Waals surface area contributed by atoms with Crippen LogP contribution >= 0.6 is 0 Å². The number of rotatable bonds is 6. The highest BCUT2D eigenvalue weighted by Gasteiger charge is 2.30. The molecule has 0 radical (unpaired) electrons. The van der Waals surface area contributed by atoms with Crippen LogP contribution in [0.1, 0.15) is 19.1 Å². The van der Waals surface area contributed by atoms with E-state index in [4.69, 9.17) is 9.26 Å². The number of nitrogens with one attached hydrogen (secondary N) is 1. The Labute approximate surface area is 140 Å². The largest absolute Gasteiger partial charge is 0.374 e. The molecule has 24 heavy (non-hydrogen) atoms. The second kappa shape index (κ2) is 7.54. The van der Waals surface area contributed by atoms with Crippen LogP contribution in [0.3, 0.4) is 0 Å². The van der Waals surface area contributed by atoms with Crippen LogP contribution in [-0.4, -0.2) is 62.6 Å². The number of morpholine rings is 1. The molecular weight excluding hydrogens is 312 g/mol. The molecule has 2 aromatic rings. The molecular formula is C15H22N6O3. The summed E-state index contributed by atoms with van der Waals surface area (Å²) in [6, 6.07) is 1.47. The zero-order chi connectivity index (χ0) is 16.9. The lowest BCUT2D eigenvalue weighted by atomic mass is 10.1. The molecule has 0 aromatic carbocycles. The smallest absolute Gasteiger partial charge is 0.242 e. The molecule has 0 saturated carbocycles. The van der Waals surface area contributed by atoms with E-state index in [1.54, 1.807) is 24.0 Å². The summed E-state index contributed by atoms with van der Waals surface area (Å²) in [6.45, 7) is 6.39. The van der Waals surface area contributed by atoms with E-state index in [1.807, 2.05) is 6.92 Å². The first-order valence-corrected chi connectivity index (χ1v) is 8.08. The van der Waals surface area contributed by atoms with E-state index < -0.39 is 0 Å². The second-order valence-electron chi connectivity index (χ2n) is 5.84. The van der Waals surface area contributed by atoms with E-state index in [0.29, 0.717) is 37.7 Å². The van der Waals surface area contributed by atoms with Gasteiger partial charge < -0.3 is 14.6 Å². The van der Waals surface area contributed by atoms with E-state index in [0.717, 1.165) is 6.54 Å². The van der Waals surface area contributed by atoms with Gasteiger partial charge in [0.15, 0.2) is 5.82 Å². The summed E-state index contributed by atoms with van der Waals surface area (Å²) in [7, 11) is 0. The molecule has 1 amide bonds.